The fourth-order valence-corrected chi connectivity index (χ4v) is 5.58. The van der Waals surface area contributed by atoms with E-state index >= 15 is 0 Å². The maximum Gasteiger partial charge on any atom is 0.0745 e. The number of rotatable bonds is 4. The van der Waals surface area contributed by atoms with Gasteiger partial charge < -0.3 is 9.84 Å². The van der Waals surface area contributed by atoms with Crippen molar-refractivity contribution in [3.63, 3.8) is 0 Å². The van der Waals surface area contributed by atoms with Crippen LogP contribution in [0, 0.1) is 11.3 Å². The van der Waals surface area contributed by atoms with Gasteiger partial charge in [0.2, 0.25) is 0 Å². The standard InChI is InChI=1S/C23H36O2/c1-15(2)17-7-9-19-18(13-17)8-10-20-22(4,5)12-11-21(23(19,20)6)25-14-16(3)24/h7,9,13,15-16,20-21,24H,8,10-12,14H2,1-6H3/t16?,20?,21?,23-/m1/s1. The Morgan fingerprint density at radius 1 is 1.16 bits per heavy atom. The highest BCUT2D eigenvalue weighted by atomic mass is 16.5. The van der Waals surface area contributed by atoms with Crippen molar-refractivity contribution in [2.75, 3.05) is 6.61 Å². The molecule has 0 spiro atoms. The van der Waals surface area contributed by atoms with E-state index < -0.39 is 6.10 Å². The van der Waals surface area contributed by atoms with Gasteiger partial charge in [0, 0.05) is 5.41 Å². The van der Waals surface area contributed by atoms with Crippen LogP contribution in [0.1, 0.15) is 83.4 Å². The van der Waals surface area contributed by atoms with Gasteiger partial charge in [0.15, 0.2) is 0 Å². The van der Waals surface area contributed by atoms with Crippen molar-refractivity contribution in [3.05, 3.63) is 34.9 Å². The zero-order valence-electron chi connectivity index (χ0n) is 16.9. The van der Waals surface area contributed by atoms with E-state index in [2.05, 4.69) is 52.8 Å². The number of hydrogen-bond donors (Lipinski definition) is 1. The van der Waals surface area contributed by atoms with Crippen LogP contribution in [0.2, 0.25) is 0 Å². The summed E-state index contributed by atoms with van der Waals surface area (Å²) in [5, 5.41) is 9.73. The average molecular weight is 345 g/mol. The Kier molecular flexibility index (Phi) is 5.07. The first-order valence-corrected chi connectivity index (χ1v) is 10.1. The van der Waals surface area contributed by atoms with Crippen molar-refractivity contribution < 1.29 is 9.84 Å². The Hall–Kier alpha value is -0.860. The molecule has 0 aliphatic heterocycles. The third-order valence-electron chi connectivity index (χ3n) is 7.00. The summed E-state index contributed by atoms with van der Waals surface area (Å²) in [4.78, 5) is 0. The summed E-state index contributed by atoms with van der Waals surface area (Å²) in [6, 6.07) is 7.15. The Morgan fingerprint density at radius 2 is 1.88 bits per heavy atom. The lowest BCUT2D eigenvalue weighted by molar-refractivity contribution is -0.110. The molecule has 0 saturated heterocycles. The predicted molar refractivity (Wildman–Crippen MR) is 104 cm³/mol. The van der Waals surface area contributed by atoms with Gasteiger partial charge in [0.25, 0.3) is 0 Å². The summed E-state index contributed by atoms with van der Waals surface area (Å²) in [5.74, 6) is 1.20. The Morgan fingerprint density at radius 3 is 2.52 bits per heavy atom. The molecule has 0 amide bonds. The molecule has 1 saturated carbocycles. The average Bonchev–Trinajstić information content (AvgIpc) is 2.53. The Balaban J connectivity index is 2.04. The number of fused-ring (bicyclic) bond motifs is 3. The van der Waals surface area contributed by atoms with Crippen LogP contribution in [0.4, 0.5) is 0 Å². The molecule has 2 aliphatic carbocycles. The second-order valence-electron chi connectivity index (χ2n) is 9.64. The first kappa shape index (κ1) is 18.9. The van der Waals surface area contributed by atoms with Gasteiger partial charge in [-0.05, 0) is 66.5 Å². The second-order valence-corrected chi connectivity index (χ2v) is 9.64. The molecule has 1 N–H and O–H groups in total. The fraction of sp³-hybridized carbons (Fsp3) is 0.739. The number of ether oxygens (including phenoxy) is 1. The van der Waals surface area contributed by atoms with Gasteiger partial charge in [-0.3, -0.25) is 0 Å². The first-order chi connectivity index (χ1) is 11.7. The second kappa shape index (κ2) is 6.70. The van der Waals surface area contributed by atoms with Crippen LogP contribution >= 0.6 is 0 Å². The summed E-state index contributed by atoms with van der Waals surface area (Å²) in [6.45, 7) is 14.1. The lowest BCUT2D eigenvalue weighted by Gasteiger charge is -2.57. The topological polar surface area (TPSA) is 29.5 Å². The van der Waals surface area contributed by atoms with E-state index in [1.165, 1.54) is 36.0 Å². The summed E-state index contributed by atoms with van der Waals surface area (Å²) in [7, 11) is 0. The smallest absolute Gasteiger partial charge is 0.0745 e. The number of aliphatic hydroxyl groups is 1. The highest BCUT2D eigenvalue weighted by Crippen LogP contribution is 2.58. The molecule has 140 valence electrons. The molecule has 2 aliphatic rings. The predicted octanol–water partition coefficient (Wildman–Crippen LogP) is 5.22. The third-order valence-corrected chi connectivity index (χ3v) is 7.00. The van der Waals surface area contributed by atoms with Crippen molar-refractivity contribution in [1.29, 1.82) is 0 Å². The van der Waals surface area contributed by atoms with Crippen molar-refractivity contribution in [2.45, 2.75) is 90.8 Å². The van der Waals surface area contributed by atoms with Crippen molar-refractivity contribution in [3.8, 4) is 0 Å². The lowest BCUT2D eigenvalue weighted by atomic mass is 9.49. The largest absolute Gasteiger partial charge is 0.391 e. The van der Waals surface area contributed by atoms with Gasteiger partial charge in [0.1, 0.15) is 0 Å². The summed E-state index contributed by atoms with van der Waals surface area (Å²) < 4.78 is 6.29. The van der Waals surface area contributed by atoms with Gasteiger partial charge in [-0.2, -0.15) is 0 Å². The fourth-order valence-electron chi connectivity index (χ4n) is 5.58. The van der Waals surface area contributed by atoms with E-state index in [1.54, 1.807) is 0 Å². The number of benzene rings is 1. The van der Waals surface area contributed by atoms with Crippen LogP contribution in [0.15, 0.2) is 18.2 Å². The van der Waals surface area contributed by atoms with E-state index in [9.17, 15) is 5.11 Å². The summed E-state index contributed by atoms with van der Waals surface area (Å²) >= 11 is 0. The number of aryl methyl sites for hydroxylation is 1. The minimum absolute atomic E-state index is 0.0414. The molecule has 1 aromatic rings. The zero-order valence-corrected chi connectivity index (χ0v) is 16.9. The minimum Gasteiger partial charge on any atom is -0.391 e. The normalized spacial score (nSPS) is 32.2. The maximum absolute atomic E-state index is 9.73. The summed E-state index contributed by atoms with van der Waals surface area (Å²) in [6.07, 6.45) is 4.51. The maximum atomic E-state index is 9.73. The Labute approximate surface area is 154 Å². The van der Waals surface area contributed by atoms with Gasteiger partial charge in [-0.25, -0.2) is 0 Å². The SMILES string of the molecule is CC(O)COC1CCC(C)(C)C2CCc3cc(C(C)C)ccc3[C@@]12C. The third kappa shape index (κ3) is 3.28. The molecule has 2 heteroatoms. The molecule has 2 nitrogen and oxygen atoms in total. The molecule has 0 aromatic heterocycles. The highest BCUT2D eigenvalue weighted by Gasteiger charge is 2.55. The quantitative estimate of drug-likeness (QED) is 0.812. The van der Waals surface area contributed by atoms with Crippen molar-refractivity contribution >= 4 is 0 Å². The molecule has 0 bridgehead atoms. The molecule has 25 heavy (non-hydrogen) atoms. The van der Waals surface area contributed by atoms with E-state index in [1.807, 2.05) is 6.92 Å². The molecule has 4 atom stereocenters. The molecular weight excluding hydrogens is 308 g/mol. The Bertz CT molecular complexity index is 615. The monoisotopic (exact) mass is 344 g/mol. The van der Waals surface area contributed by atoms with Gasteiger partial charge >= 0.3 is 0 Å². The van der Waals surface area contributed by atoms with E-state index in [0.717, 1.165) is 6.42 Å². The molecule has 0 heterocycles. The molecular formula is C23H36O2. The zero-order chi connectivity index (χ0) is 18.4. The van der Waals surface area contributed by atoms with Crippen molar-refractivity contribution in [2.24, 2.45) is 11.3 Å². The molecule has 1 fully saturated rings. The van der Waals surface area contributed by atoms with Gasteiger partial charge in [0.05, 0.1) is 18.8 Å². The van der Waals surface area contributed by atoms with Crippen molar-refractivity contribution in [1.82, 2.24) is 0 Å². The van der Waals surface area contributed by atoms with E-state index in [4.69, 9.17) is 4.74 Å². The number of aliphatic hydroxyl groups excluding tert-OH is 1. The highest BCUT2D eigenvalue weighted by molar-refractivity contribution is 5.43. The molecule has 1 aromatic carbocycles. The molecule has 0 radical (unpaired) electrons. The molecule has 3 unspecified atom stereocenters. The van der Waals surface area contributed by atoms with E-state index in [0.29, 0.717) is 23.9 Å². The minimum atomic E-state index is -0.400. The van der Waals surface area contributed by atoms with Gasteiger partial charge in [-0.1, -0.05) is 52.8 Å². The van der Waals surface area contributed by atoms with Crippen LogP contribution in [0.3, 0.4) is 0 Å². The molecule has 3 rings (SSSR count). The van der Waals surface area contributed by atoms with Gasteiger partial charge in [-0.15, -0.1) is 0 Å². The first-order valence-electron chi connectivity index (χ1n) is 10.1. The van der Waals surface area contributed by atoms with Crippen LogP contribution in [-0.4, -0.2) is 23.9 Å². The van der Waals surface area contributed by atoms with Crippen LogP contribution in [0.25, 0.3) is 0 Å². The van der Waals surface area contributed by atoms with E-state index in [-0.39, 0.29) is 11.5 Å². The summed E-state index contributed by atoms with van der Waals surface area (Å²) in [5.41, 5.74) is 4.84. The van der Waals surface area contributed by atoms with Crippen LogP contribution in [-0.2, 0) is 16.6 Å². The lowest BCUT2D eigenvalue weighted by Crippen LogP contribution is -2.56. The van der Waals surface area contributed by atoms with Crippen LogP contribution in [0.5, 0.6) is 0 Å². The van der Waals surface area contributed by atoms with Crippen LogP contribution < -0.4 is 0 Å². The number of hydrogen-bond acceptors (Lipinski definition) is 2.